The number of aliphatic hydroxyl groups excluding tert-OH is 1. The summed E-state index contributed by atoms with van der Waals surface area (Å²) >= 11 is 12.8. The van der Waals surface area contributed by atoms with Crippen LogP contribution in [0.1, 0.15) is 53.8 Å². The van der Waals surface area contributed by atoms with Crippen molar-refractivity contribution in [3.05, 3.63) is 74.4 Å². The van der Waals surface area contributed by atoms with Crippen LogP contribution in [0.3, 0.4) is 0 Å². The molecule has 2 aromatic carbocycles. The number of nitriles is 1. The van der Waals surface area contributed by atoms with Crippen LogP contribution in [-0.4, -0.2) is 38.3 Å². The first-order valence-corrected chi connectivity index (χ1v) is 12.2. The Hall–Kier alpha value is -2.85. The molecule has 2 heterocycles. The maximum atomic E-state index is 12.7. The van der Waals surface area contributed by atoms with E-state index in [2.05, 4.69) is 6.07 Å². The van der Waals surface area contributed by atoms with Gasteiger partial charge in [-0.15, -0.1) is 0 Å². The minimum atomic E-state index is -0.701. The molecule has 0 fully saturated rings. The number of fused-ring (bicyclic) bond motifs is 2. The van der Waals surface area contributed by atoms with Gasteiger partial charge in [-0.3, -0.25) is 9.48 Å². The van der Waals surface area contributed by atoms with Crippen molar-refractivity contribution in [2.24, 2.45) is 0 Å². The maximum Gasteiger partial charge on any atom is 0.222 e. The predicted octanol–water partition coefficient (Wildman–Crippen LogP) is 4.92. The van der Waals surface area contributed by atoms with Crippen LogP contribution in [0.25, 0.3) is 11.3 Å². The standard InChI is InChI=1S/C26H24Cl2N4O2/c1-2-4-24(34)31-8-7-22-20(14-31)25(16-6-3-5-15(9-16)13-29)30-32(22)26-19-10-17(27)11-21(28)18(19)12-23(26)33/h3,5-6,9-11,23,26,33H,2,4,7-8,12,14H2,1H3/t23-,26-/m1/s1. The van der Waals surface area contributed by atoms with Crippen LogP contribution >= 0.6 is 23.2 Å². The van der Waals surface area contributed by atoms with E-state index in [-0.39, 0.29) is 5.91 Å². The van der Waals surface area contributed by atoms with E-state index in [0.717, 1.165) is 40.1 Å². The summed E-state index contributed by atoms with van der Waals surface area (Å²) in [7, 11) is 0. The minimum Gasteiger partial charge on any atom is -0.390 e. The van der Waals surface area contributed by atoms with Gasteiger partial charge >= 0.3 is 0 Å². The van der Waals surface area contributed by atoms with Gasteiger partial charge in [-0.25, -0.2) is 0 Å². The molecule has 2 aliphatic rings. The smallest absolute Gasteiger partial charge is 0.222 e. The lowest BCUT2D eigenvalue weighted by atomic mass is 9.99. The molecule has 0 spiro atoms. The van der Waals surface area contributed by atoms with E-state index in [4.69, 9.17) is 28.3 Å². The average Bonchev–Trinajstić information content (AvgIpc) is 3.36. The first-order chi connectivity index (χ1) is 16.4. The number of halogens is 2. The normalized spacial score (nSPS) is 19.0. The van der Waals surface area contributed by atoms with E-state index in [9.17, 15) is 15.2 Å². The molecule has 2 atom stereocenters. The highest BCUT2D eigenvalue weighted by Gasteiger charge is 2.38. The van der Waals surface area contributed by atoms with Crippen LogP contribution in [0.2, 0.25) is 10.0 Å². The zero-order valence-electron chi connectivity index (χ0n) is 18.8. The number of nitrogens with zero attached hydrogens (tertiary/aromatic N) is 4. The fraction of sp³-hybridized carbons (Fsp3) is 0.346. The molecule has 0 saturated carbocycles. The Morgan fingerprint density at radius 3 is 2.85 bits per heavy atom. The quantitative estimate of drug-likeness (QED) is 0.557. The highest BCUT2D eigenvalue weighted by molar-refractivity contribution is 6.35. The molecule has 1 N–H and O–H groups in total. The predicted molar refractivity (Wildman–Crippen MR) is 131 cm³/mol. The number of hydrogen-bond donors (Lipinski definition) is 1. The first-order valence-electron chi connectivity index (χ1n) is 11.5. The second-order valence-corrected chi connectivity index (χ2v) is 9.74. The molecule has 1 aliphatic carbocycles. The number of rotatable bonds is 4. The van der Waals surface area contributed by atoms with Crippen LogP contribution in [-0.2, 0) is 24.2 Å². The van der Waals surface area contributed by atoms with Crippen molar-refractivity contribution in [2.45, 2.75) is 51.3 Å². The number of hydrogen-bond acceptors (Lipinski definition) is 4. The van der Waals surface area contributed by atoms with Gasteiger partial charge in [0, 0.05) is 59.2 Å². The summed E-state index contributed by atoms with van der Waals surface area (Å²) in [4.78, 5) is 14.6. The van der Waals surface area contributed by atoms with Crippen molar-refractivity contribution in [2.75, 3.05) is 6.54 Å². The highest BCUT2D eigenvalue weighted by atomic mass is 35.5. The molecule has 5 rings (SSSR count). The van der Waals surface area contributed by atoms with E-state index in [0.29, 0.717) is 48.0 Å². The number of aromatic nitrogens is 2. The molecule has 1 aromatic heterocycles. The average molecular weight is 495 g/mol. The van der Waals surface area contributed by atoms with Crippen LogP contribution in [0.5, 0.6) is 0 Å². The van der Waals surface area contributed by atoms with Crippen LogP contribution in [0.4, 0.5) is 0 Å². The Balaban J connectivity index is 1.66. The van der Waals surface area contributed by atoms with Crippen molar-refractivity contribution < 1.29 is 9.90 Å². The van der Waals surface area contributed by atoms with Gasteiger partial charge in [0.2, 0.25) is 5.91 Å². The van der Waals surface area contributed by atoms with E-state index in [1.807, 2.05) is 40.8 Å². The largest absolute Gasteiger partial charge is 0.390 e. The summed E-state index contributed by atoms with van der Waals surface area (Å²) in [6.07, 6.45) is 1.65. The monoisotopic (exact) mass is 494 g/mol. The summed E-state index contributed by atoms with van der Waals surface area (Å²) in [5.74, 6) is 0.127. The third kappa shape index (κ3) is 3.88. The number of benzene rings is 2. The lowest BCUT2D eigenvalue weighted by molar-refractivity contribution is -0.132. The van der Waals surface area contributed by atoms with Crippen LogP contribution < -0.4 is 0 Å². The molecule has 0 unspecified atom stereocenters. The fourth-order valence-electron chi connectivity index (χ4n) is 5.15. The molecule has 0 radical (unpaired) electrons. The lowest BCUT2D eigenvalue weighted by Crippen LogP contribution is -2.37. The van der Waals surface area contributed by atoms with E-state index >= 15 is 0 Å². The second kappa shape index (κ2) is 9.07. The summed E-state index contributed by atoms with van der Waals surface area (Å²) in [5, 5.41) is 26.5. The molecule has 174 valence electrons. The molecule has 3 aromatic rings. The van der Waals surface area contributed by atoms with Gasteiger partial charge in [-0.1, -0.05) is 42.3 Å². The maximum absolute atomic E-state index is 12.7. The molecule has 0 bridgehead atoms. The topological polar surface area (TPSA) is 82.2 Å². The van der Waals surface area contributed by atoms with Gasteiger partial charge in [-0.2, -0.15) is 10.4 Å². The Bertz CT molecular complexity index is 1330. The van der Waals surface area contributed by atoms with Crippen molar-refractivity contribution in [1.29, 1.82) is 5.26 Å². The van der Waals surface area contributed by atoms with Gasteiger partial charge < -0.3 is 10.0 Å². The molecule has 1 amide bonds. The van der Waals surface area contributed by atoms with Crippen molar-refractivity contribution >= 4 is 29.1 Å². The molecule has 0 saturated heterocycles. The molecule has 1 aliphatic heterocycles. The van der Waals surface area contributed by atoms with Crippen molar-refractivity contribution in [3.8, 4) is 17.3 Å². The number of carbonyl (C=O) groups is 1. The van der Waals surface area contributed by atoms with E-state index in [1.165, 1.54) is 0 Å². The first kappa shape index (κ1) is 22.9. The second-order valence-electron chi connectivity index (χ2n) is 8.90. The SMILES string of the molecule is CCCC(=O)N1CCc2c(c(-c3cccc(C#N)c3)nn2[C@@H]2c3cc(Cl)cc(Cl)c3C[C@H]2O)C1. The Labute approximate surface area is 208 Å². The summed E-state index contributed by atoms with van der Waals surface area (Å²) < 4.78 is 1.90. The molecular weight excluding hydrogens is 471 g/mol. The van der Waals surface area contributed by atoms with Gasteiger partial charge in [0.1, 0.15) is 6.04 Å². The summed E-state index contributed by atoms with van der Waals surface area (Å²) in [5.41, 5.74) is 5.80. The zero-order valence-corrected chi connectivity index (χ0v) is 20.3. The molecule has 6 nitrogen and oxygen atoms in total. The zero-order chi connectivity index (χ0) is 24.0. The Morgan fingerprint density at radius 2 is 2.09 bits per heavy atom. The molecule has 34 heavy (non-hydrogen) atoms. The summed E-state index contributed by atoms with van der Waals surface area (Å²) in [6.45, 7) is 3.05. The van der Waals surface area contributed by atoms with E-state index in [1.54, 1.807) is 12.1 Å². The van der Waals surface area contributed by atoms with Crippen molar-refractivity contribution in [1.82, 2.24) is 14.7 Å². The van der Waals surface area contributed by atoms with Crippen molar-refractivity contribution in [3.63, 3.8) is 0 Å². The van der Waals surface area contributed by atoms with Crippen LogP contribution in [0, 0.1) is 11.3 Å². The molecular formula is C26H24Cl2N4O2. The highest BCUT2D eigenvalue weighted by Crippen LogP contribution is 2.42. The number of aliphatic hydroxyl groups is 1. The van der Waals surface area contributed by atoms with Gasteiger partial charge in [0.15, 0.2) is 0 Å². The van der Waals surface area contributed by atoms with Gasteiger partial charge in [0.25, 0.3) is 0 Å². The van der Waals surface area contributed by atoms with Gasteiger partial charge in [0.05, 0.1) is 23.4 Å². The Kier molecular flexibility index (Phi) is 6.11. The number of amides is 1. The summed E-state index contributed by atoms with van der Waals surface area (Å²) in [6, 6.07) is 12.6. The third-order valence-corrected chi connectivity index (χ3v) is 7.28. The molecule has 8 heteroatoms. The fourth-order valence-corrected chi connectivity index (χ4v) is 5.74. The third-order valence-electron chi connectivity index (χ3n) is 6.72. The number of carbonyl (C=O) groups excluding carboxylic acids is 1. The van der Waals surface area contributed by atoms with Crippen LogP contribution in [0.15, 0.2) is 36.4 Å². The van der Waals surface area contributed by atoms with E-state index < -0.39 is 12.1 Å². The minimum absolute atomic E-state index is 0.127. The van der Waals surface area contributed by atoms with Gasteiger partial charge in [-0.05, 0) is 41.8 Å². The Morgan fingerprint density at radius 1 is 1.26 bits per heavy atom. The lowest BCUT2D eigenvalue weighted by Gasteiger charge is -2.29.